The molecule has 0 spiro atoms. The Hall–Kier alpha value is -0.850. The van der Waals surface area contributed by atoms with Gasteiger partial charge >= 0.3 is 6.09 Å². The van der Waals surface area contributed by atoms with Gasteiger partial charge in [0, 0.05) is 0 Å². The van der Waals surface area contributed by atoms with Crippen LogP contribution in [0.15, 0.2) is 0 Å². The molecule has 2 fully saturated rings. The summed E-state index contributed by atoms with van der Waals surface area (Å²) in [4.78, 5) is 13.9. The minimum absolute atomic E-state index is 0.0379. The quantitative estimate of drug-likeness (QED) is 0.763. The van der Waals surface area contributed by atoms with Crippen molar-refractivity contribution in [1.82, 2.24) is 4.90 Å². The minimum Gasteiger partial charge on any atom is -0.444 e. The summed E-state index contributed by atoms with van der Waals surface area (Å²) in [6.07, 6.45) is -0.779. The molecule has 6 heteroatoms. The lowest BCUT2D eigenvalue weighted by molar-refractivity contribution is -0.0632. The molecule has 0 aromatic carbocycles. The third-order valence-electron chi connectivity index (χ3n) is 3.29. The second kappa shape index (κ2) is 4.61. The van der Waals surface area contributed by atoms with Crippen molar-refractivity contribution in [3.8, 4) is 0 Å². The van der Waals surface area contributed by atoms with Crippen molar-refractivity contribution in [2.45, 2.75) is 64.2 Å². The lowest BCUT2D eigenvalue weighted by Gasteiger charge is -2.34. The predicted molar refractivity (Wildman–Crippen MR) is 67.6 cm³/mol. The van der Waals surface area contributed by atoms with Crippen molar-refractivity contribution in [1.29, 1.82) is 0 Å². The van der Waals surface area contributed by atoms with Crippen LogP contribution in [0.5, 0.6) is 0 Å². The van der Waals surface area contributed by atoms with Crippen LogP contribution in [-0.2, 0) is 14.2 Å². The van der Waals surface area contributed by atoms with Crippen LogP contribution in [0.3, 0.4) is 0 Å². The van der Waals surface area contributed by atoms with Gasteiger partial charge in [-0.1, -0.05) is 0 Å². The van der Waals surface area contributed by atoms with Gasteiger partial charge in [0.25, 0.3) is 0 Å². The second-order valence-corrected chi connectivity index (χ2v) is 6.50. The summed E-state index contributed by atoms with van der Waals surface area (Å²) >= 11 is 0. The molecule has 19 heavy (non-hydrogen) atoms. The van der Waals surface area contributed by atoms with E-state index in [1.807, 2.05) is 34.6 Å². The average molecular weight is 273 g/mol. The number of hydrogen-bond acceptors (Lipinski definition) is 5. The molecule has 1 amide bonds. The van der Waals surface area contributed by atoms with Crippen molar-refractivity contribution in [3.05, 3.63) is 0 Å². The number of rotatable bonds is 2. The van der Waals surface area contributed by atoms with Crippen molar-refractivity contribution in [2.24, 2.45) is 0 Å². The van der Waals surface area contributed by atoms with Gasteiger partial charge in [0.05, 0.1) is 19.3 Å². The maximum atomic E-state index is 12.3. The van der Waals surface area contributed by atoms with Gasteiger partial charge in [0.1, 0.15) is 23.5 Å². The second-order valence-electron chi connectivity index (χ2n) is 6.50. The summed E-state index contributed by atoms with van der Waals surface area (Å²) in [7, 11) is 0. The van der Waals surface area contributed by atoms with Gasteiger partial charge < -0.3 is 19.3 Å². The van der Waals surface area contributed by atoms with Crippen molar-refractivity contribution in [3.63, 3.8) is 0 Å². The third-order valence-corrected chi connectivity index (χ3v) is 3.29. The predicted octanol–water partition coefficient (Wildman–Crippen LogP) is 1.12. The van der Waals surface area contributed by atoms with E-state index >= 15 is 0 Å². The lowest BCUT2D eigenvalue weighted by Crippen LogP contribution is -2.51. The standard InChI is InChI=1S/C13H23NO5/c1-12(2,3)19-11(16)14-8(7-17-13(14,4)5)10-9(6-15)18-10/h8-10,15H,6-7H2,1-5H3/t8-,9-,10+/m0/s1. The zero-order chi connectivity index (χ0) is 14.4. The average Bonchev–Trinajstić information content (AvgIpc) is 2.93. The van der Waals surface area contributed by atoms with Gasteiger partial charge in [-0.2, -0.15) is 0 Å². The smallest absolute Gasteiger partial charge is 0.412 e. The molecule has 0 aromatic heterocycles. The molecule has 0 aromatic rings. The number of epoxide rings is 1. The molecule has 0 bridgehead atoms. The van der Waals surface area contributed by atoms with E-state index in [2.05, 4.69) is 0 Å². The highest BCUT2D eigenvalue weighted by molar-refractivity contribution is 5.70. The Bertz CT molecular complexity index is 363. The van der Waals surface area contributed by atoms with E-state index in [1.54, 1.807) is 4.90 Å². The number of nitrogens with zero attached hydrogens (tertiary/aromatic N) is 1. The third kappa shape index (κ3) is 3.01. The summed E-state index contributed by atoms with van der Waals surface area (Å²) in [6.45, 7) is 9.49. The van der Waals surface area contributed by atoms with E-state index < -0.39 is 17.4 Å². The maximum absolute atomic E-state index is 12.3. The van der Waals surface area contributed by atoms with Gasteiger partial charge in [-0.15, -0.1) is 0 Å². The molecule has 1 N–H and O–H groups in total. The first-order chi connectivity index (χ1) is 8.65. The SMILES string of the molecule is CC(C)(C)OC(=O)N1[C@H]([C@H]2O[C@H]2CO)COC1(C)C. The first kappa shape index (κ1) is 14.6. The number of aliphatic hydroxyl groups is 1. The van der Waals surface area contributed by atoms with E-state index in [0.29, 0.717) is 6.61 Å². The van der Waals surface area contributed by atoms with Crippen LogP contribution >= 0.6 is 0 Å². The zero-order valence-electron chi connectivity index (χ0n) is 12.2. The Balaban J connectivity index is 2.11. The Morgan fingerprint density at radius 1 is 1.47 bits per heavy atom. The summed E-state index contributed by atoms with van der Waals surface area (Å²) in [5.74, 6) is 0. The first-order valence-electron chi connectivity index (χ1n) is 6.58. The van der Waals surface area contributed by atoms with E-state index in [4.69, 9.17) is 19.3 Å². The van der Waals surface area contributed by atoms with Crippen LogP contribution in [0.4, 0.5) is 4.79 Å². The topological polar surface area (TPSA) is 71.5 Å². The molecular weight excluding hydrogens is 250 g/mol. The summed E-state index contributed by atoms with van der Waals surface area (Å²) < 4.78 is 16.5. The minimum atomic E-state index is -0.723. The van der Waals surface area contributed by atoms with Gasteiger partial charge in [0.2, 0.25) is 0 Å². The van der Waals surface area contributed by atoms with Gasteiger partial charge in [-0.3, -0.25) is 4.90 Å². The van der Waals surface area contributed by atoms with Crippen LogP contribution in [0.2, 0.25) is 0 Å². The molecule has 2 rings (SSSR count). The van der Waals surface area contributed by atoms with Crippen LogP contribution in [-0.4, -0.2) is 58.9 Å². The van der Waals surface area contributed by atoms with Crippen molar-refractivity contribution >= 4 is 6.09 Å². The Morgan fingerprint density at radius 3 is 2.58 bits per heavy atom. The molecule has 0 aliphatic carbocycles. The molecule has 2 heterocycles. The number of carbonyl (C=O) groups excluding carboxylic acids is 1. The molecule has 2 aliphatic heterocycles. The van der Waals surface area contributed by atoms with Crippen LogP contribution < -0.4 is 0 Å². The lowest BCUT2D eigenvalue weighted by atomic mass is 10.1. The Morgan fingerprint density at radius 2 is 2.11 bits per heavy atom. The normalized spacial score (nSPS) is 33.4. The van der Waals surface area contributed by atoms with E-state index in [1.165, 1.54) is 0 Å². The summed E-state index contributed by atoms with van der Waals surface area (Å²) in [5, 5.41) is 9.08. The number of hydrogen-bond donors (Lipinski definition) is 1. The fourth-order valence-electron chi connectivity index (χ4n) is 2.38. The highest BCUT2D eigenvalue weighted by atomic mass is 16.6. The van der Waals surface area contributed by atoms with E-state index in [9.17, 15) is 4.79 Å². The molecule has 6 nitrogen and oxygen atoms in total. The van der Waals surface area contributed by atoms with Crippen LogP contribution in [0.25, 0.3) is 0 Å². The van der Waals surface area contributed by atoms with Crippen LogP contribution in [0, 0.1) is 0 Å². The number of ether oxygens (including phenoxy) is 3. The molecule has 0 saturated carbocycles. The molecule has 0 unspecified atom stereocenters. The van der Waals surface area contributed by atoms with E-state index in [0.717, 1.165) is 0 Å². The van der Waals surface area contributed by atoms with Gasteiger partial charge in [-0.25, -0.2) is 4.79 Å². The number of amides is 1. The molecule has 0 radical (unpaired) electrons. The first-order valence-corrected chi connectivity index (χ1v) is 6.58. The fourth-order valence-corrected chi connectivity index (χ4v) is 2.38. The Kier molecular flexibility index (Phi) is 3.53. The largest absolute Gasteiger partial charge is 0.444 e. The summed E-state index contributed by atoms with van der Waals surface area (Å²) in [6, 6.07) is -0.206. The monoisotopic (exact) mass is 273 g/mol. The molecule has 110 valence electrons. The fraction of sp³-hybridized carbons (Fsp3) is 0.923. The molecule has 2 saturated heterocycles. The highest BCUT2D eigenvalue weighted by Gasteiger charge is 2.56. The number of carbonyl (C=O) groups is 1. The van der Waals surface area contributed by atoms with Gasteiger partial charge in [-0.05, 0) is 34.6 Å². The van der Waals surface area contributed by atoms with Crippen LogP contribution in [0.1, 0.15) is 34.6 Å². The molecular formula is C13H23NO5. The maximum Gasteiger partial charge on any atom is 0.412 e. The zero-order valence-corrected chi connectivity index (χ0v) is 12.2. The summed E-state index contributed by atoms with van der Waals surface area (Å²) in [5.41, 5.74) is -1.28. The van der Waals surface area contributed by atoms with Crippen molar-refractivity contribution in [2.75, 3.05) is 13.2 Å². The van der Waals surface area contributed by atoms with Crippen molar-refractivity contribution < 1.29 is 24.1 Å². The van der Waals surface area contributed by atoms with Gasteiger partial charge in [0.15, 0.2) is 0 Å². The molecule has 2 aliphatic rings. The molecule has 3 atom stereocenters. The Labute approximate surface area is 113 Å². The van der Waals surface area contributed by atoms with E-state index in [-0.39, 0.29) is 24.9 Å². The number of aliphatic hydroxyl groups excluding tert-OH is 1. The highest BCUT2D eigenvalue weighted by Crippen LogP contribution is 2.38.